The molecule has 57 heavy (non-hydrogen) atoms. The average Bonchev–Trinajstić information content (AvgIpc) is 3.79. The molecule has 0 fully saturated rings. The maximum atomic E-state index is 13.9. The van der Waals surface area contributed by atoms with Gasteiger partial charge in [-0.25, -0.2) is 14.4 Å². The van der Waals surface area contributed by atoms with Crippen LogP contribution in [0.15, 0.2) is 200 Å². The van der Waals surface area contributed by atoms with E-state index in [1.165, 1.54) is 23.3 Å². The van der Waals surface area contributed by atoms with Gasteiger partial charge in [0.1, 0.15) is 5.82 Å². The lowest BCUT2D eigenvalue weighted by molar-refractivity contribution is 0.627. The van der Waals surface area contributed by atoms with Crippen LogP contribution in [0, 0.1) is 5.82 Å². The predicted molar refractivity (Wildman–Crippen MR) is 232 cm³/mol. The third-order valence-electron chi connectivity index (χ3n) is 11.1. The second-order valence-corrected chi connectivity index (χ2v) is 14.4. The van der Waals surface area contributed by atoms with Gasteiger partial charge in [-0.05, 0) is 106 Å². The molecule has 0 aliphatic heterocycles. The van der Waals surface area contributed by atoms with Crippen LogP contribution in [0.4, 0.5) is 4.39 Å². The molecule has 3 heterocycles. The highest BCUT2D eigenvalue weighted by molar-refractivity contribution is 6.12. The zero-order chi connectivity index (χ0) is 37.9. The zero-order valence-corrected chi connectivity index (χ0v) is 30.7. The average molecular weight is 733 g/mol. The van der Waals surface area contributed by atoms with E-state index in [2.05, 4.69) is 161 Å². The summed E-state index contributed by atoms with van der Waals surface area (Å²) < 4.78 is 18.3. The van der Waals surface area contributed by atoms with Crippen LogP contribution < -0.4 is 0 Å². The van der Waals surface area contributed by atoms with E-state index in [1.807, 2.05) is 36.5 Å². The molecule has 0 aliphatic rings. The molecule has 268 valence electrons. The number of fused-ring (bicyclic) bond motifs is 6. The molecule has 0 saturated carbocycles. The molecule has 0 unspecified atom stereocenters. The van der Waals surface area contributed by atoms with Crippen LogP contribution in [0.25, 0.3) is 99.9 Å². The molecule has 0 N–H and O–H groups in total. The molecule has 3 aromatic heterocycles. The summed E-state index contributed by atoms with van der Waals surface area (Å²) in [6, 6.07) is 66.6. The monoisotopic (exact) mass is 732 g/mol. The van der Waals surface area contributed by atoms with Crippen molar-refractivity contribution in [1.29, 1.82) is 0 Å². The van der Waals surface area contributed by atoms with Crippen LogP contribution in [-0.2, 0) is 0 Å². The third kappa shape index (κ3) is 5.59. The summed E-state index contributed by atoms with van der Waals surface area (Å²) in [6.45, 7) is 0. The Morgan fingerprint density at radius 2 is 0.842 bits per heavy atom. The SMILES string of the molecule is Fc1ccc(-n2c3ccccc3c3cc(-c4ccc5c(c4)c4ccccc4n5-c4nccc(-c5cccc(-c6ccc(-c7ccccc7)cc6)c5)n4)ccc32)cc1. The largest absolute Gasteiger partial charge is 0.309 e. The molecule has 0 radical (unpaired) electrons. The van der Waals surface area contributed by atoms with Gasteiger partial charge in [0.25, 0.3) is 0 Å². The van der Waals surface area contributed by atoms with Gasteiger partial charge in [0, 0.05) is 39.0 Å². The number of benzene rings is 8. The molecule has 0 spiro atoms. The van der Waals surface area contributed by atoms with Gasteiger partial charge >= 0.3 is 0 Å². The molecule has 11 aromatic rings. The number of halogens is 1. The zero-order valence-electron chi connectivity index (χ0n) is 30.7. The van der Waals surface area contributed by atoms with E-state index in [1.54, 1.807) is 0 Å². The van der Waals surface area contributed by atoms with Gasteiger partial charge in [-0.2, -0.15) is 0 Å². The number of rotatable bonds is 6. The van der Waals surface area contributed by atoms with Crippen molar-refractivity contribution in [1.82, 2.24) is 19.1 Å². The Hall–Kier alpha value is -7.63. The fraction of sp³-hybridized carbons (Fsp3) is 0. The molecule has 11 rings (SSSR count). The summed E-state index contributed by atoms with van der Waals surface area (Å²) in [4.78, 5) is 10.0. The number of para-hydroxylation sites is 2. The van der Waals surface area contributed by atoms with E-state index in [9.17, 15) is 4.39 Å². The molecule has 8 aromatic carbocycles. The fourth-order valence-corrected chi connectivity index (χ4v) is 8.35. The number of aromatic nitrogens is 4. The first-order chi connectivity index (χ1) is 28.2. The van der Waals surface area contributed by atoms with E-state index in [0.717, 1.165) is 82.8 Å². The lowest BCUT2D eigenvalue weighted by Gasteiger charge is -2.10. The minimum atomic E-state index is -0.246. The first-order valence-electron chi connectivity index (χ1n) is 19.1. The molecule has 5 heteroatoms. The quantitative estimate of drug-likeness (QED) is 0.171. The summed E-state index contributed by atoms with van der Waals surface area (Å²) in [5, 5.41) is 4.57. The van der Waals surface area contributed by atoms with Crippen LogP contribution in [0.3, 0.4) is 0 Å². The van der Waals surface area contributed by atoms with Gasteiger partial charge in [0.15, 0.2) is 0 Å². The summed E-state index contributed by atoms with van der Waals surface area (Å²) in [5.41, 5.74) is 14.0. The van der Waals surface area contributed by atoms with Crippen molar-refractivity contribution in [3.63, 3.8) is 0 Å². The van der Waals surface area contributed by atoms with Gasteiger partial charge in [-0.1, -0.05) is 121 Å². The first kappa shape index (κ1) is 32.8. The Morgan fingerprint density at radius 1 is 0.351 bits per heavy atom. The Kier molecular flexibility index (Phi) is 7.64. The highest BCUT2D eigenvalue weighted by Crippen LogP contribution is 2.38. The van der Waals surface area contributed by atoms with Crippen LogP contribution in [0.2, 0.25) is 0 Å². The first-order valence-corrected chi connectivity index (χ1v) is 19.1. The van der Waals surface area contributed by atoms with Crippen molar-refractivity contribution < 1.29 is 4.39 Å². The molecule has 0 aliphatic carbocycles. The van der Waals surface area contributed by atoms with Gasteiger partial charge < -0.3 is 4.57 Å². The molecule has 0 saturated heterocycles. The number of hydrogen-bond donors (Lipinski definition) is 0. The highest BCUT2D eigenvalue weighted by atomic mass is 19.1. The van der Waals surface area contributed by atoms with E-state index < -0.39 is 0 Å². The maximum absolute atomic E-state index is 13.9. The van der Waals surface area contributed by atoms with E-state index >= 15 is 0 Å². The Labute approximate surface area is 328 Å². The van der Waals surface area contributed by atoms with E-state index in [-0.39, 0.29) is 5.82 Å². The lowest BCUT2D eigenvalue weighted by atomic mass is 9.98. The molecule has 4 nitrogen and oxygen atoms in total. The minimum Gasteiger partial charge on any atom is -0.309 e. The smallest absolute Gasteiger partial charge is 0.235 e. The Bertz CT molecular complexity index is 3290. The van der Waals surface area contributed by atoms with Gasteiger partial charge in [-0.15, -0.1) is 0 Å². The summed E-state index contributed by atoms with van der Waals surface area (Å²) >= 11 is 0. The van der Waals surface area contributed by atoms with Crippen LogP contribution in [0.1, 0.15) is 0 Å². The van der Waals surface area contributed by atoms with Crippen LogP contribution in [-0.4, -0.2) is 19.1 Å². The van der Waals surface area contributed by atoms with Crippen molar-refractivity contribution in [2.75, 3.05) is 0 Å². The summed E-state index contributed by atoms with van der Waals surface area (Å²) in [6.07, 6.45) is 1.85. The second-order valence-electron chi connectivity index (χ2n) is 14.4. The normalized spacial score (nSPS) is 11.6. The van der Waals surface area contributed by atoms with Crippen molar-refractivity contribution in [2.24, 2.45) is 0 Å². The molecular weight excluding hydrogens is 700 g/mol. The molecule has 0 bridgehead atoms. The number of nitrogens with zero attached hydrogens (tertiary/aromatic N) is 4. The van der Waals surface area contributed by atoms with Crippen molar-refractivity contribution >= 4 is 43.6 Å². The standard InChI is InChI=1S/C52H33FN4/c53-41-23-25-42(26-24-41)56-48-15-6-4-13-43(48)45-32-38(21-27-50(45)56)39-22-28-51-46(33-39)44-14-5-7-16-49(44)57(51)52-54-30-29-47(55-52)40-12-8-11-37(31-40)36-19-17-35(18-20-36)34-9-2-1-3-10-34/h1-33H. The topological polar surface area (TPSA) is 35.6 Å². The summed E-state index contributed by atoms with van der Waals surface area (Å²) in [5.74, 6) is 0.378. The van der Waals surface area contributed by atoms with Crippen LogP contribution in [0.5, 0.6) is 0 Å². The van der Waals surface area contributed by atoms with Gasteiger partial charge in [0.05, 0.1) is 27.8 Å². The third-order valence-corrected chi connectivity index (χ3v) is 11.1. The van der Waals surface area contributed by atoms with E-state index in [0.29, 0.717) is 5.95 Å². The van der Waals surface area contributed by atoms with Crippen molar-refractivity contribution in [3.05, 3.63) is 206 Å². The van der Waals surface area contributed by atoms with Crippen molar-refractivity contribution in [3.8, 4) is 56.3 Å². The fourth-order valence-electron chi connectivity index (χ4n) is 8.35. The van der Waals surface area contributed by atoms with Crippen molar-refractivity contribution in [2.45, 2.75) is 0 Å². The Morgan fingerprint density at radius 3 is 1.53 bits per heavy atom. The van der Waals surface area contributed by atoms with Gasteiger partial charge in [-0.3, -0.25) is 4.57 Å². The minimum absolute atomic E-state index is 0.246. The molecular formula is C52H33FN4. The second kappa shape index (κ2) is 13.3. The predicted octanol–water partition coefficient (Wildman–Crippen LogP) is 13.5. The lowest BCUT2D eigenvalue weighted by Crippen LogP contribution is -2.01. The summed E-state index contributed by atoms with van der Waals surface area (Å²) in [7, 11) is 0. The van der Waals surface area contributed by atoms with Gasteiger partial charge in [0.2, 0.25) is 5.95 Å². The molecule has 0 atom stereocenters. The van der Waals surface area contributed by atoms with Crippen LogP contribution >= 0.6 is 0 Å². The van der Waals surface area contributed by atoms with E-state index in [4.69, 9.17) is 9.97 Å². The molecule has 0 amide bonds. The highest BCUT2D eigenvalue weighted by Gasteiger charge is 2.18. The maximum Gasteiger partial charge on any atom is 0.235 e. The number of hydrogen-bond acceptors (Lipinski definition) is 2. The Balaban J connectivity index is 0.981.